The first kappa shape index (κ1) is 8.54. The van der Waals surface area contributed by atoms with E-state index in [0.29, 0.717) is 0 Å². The van der Waals surface area contributed by atoms with Gasteiger partial charge in [-0.15, -0.1) is 0 Å². The minimum absolute atomic E-state index is 0.132. The van der Waals surface area contributed by atoms with Crippen LogP contribution in [0.5, 0.6) is 0 Å². The number of hydrogen-bond donors (Lipinski definition) is 0. The maximum absolute atomic E-state index is 13.0. The van der Waals surface area contributed by atoms with E-state index >= 15 is 0 Å². The van der Waals surface area contributed by atoms with Crippen LogP contribution in [0, 0.1) is 5.82 Å². The summed E-state index contributed by atoms with van der Waals surface area (Å²) in [6.07, 6.45) is 3.50. The molecule has 0 spiro atoms. The van der Waals surface area contributed by atoms with Crippen LogP contribution in [-0.2, 0) is 6.42 Å². The van der Waals surface area contributed by atoms with Gasteiger partial charge < -0.3 is 4.90 Å². The minimum atomic E-state index is -0.132. The predicted octanol–water partition coefficient (Wildman–Crippen LogP) is 2.60. The summed E-state index contributed by atoms with van der Waals surface area (Å²) < 4.78 is 13.0. The van der Waals surface area contributed by atoms with Crippen LogP contribution in [0.15, 0.2) is 18.2 Å². The van der Waals surface area contributed by atoms with Gasteiger partial charge in [0.15, 0.2) is 0 Å². The molecular weight excluding hydrogens is 165 g/mol. The van der Waals surface area contributed by atoms with Crippen molar-refractivity contribution in [2.45, 2.75) is 19.3 Å². The molecule has 1 aliphatic heterocycles. The van der Waals surface area contributed by atoms with E-state index in [2.05, 4.69) is 4.90 Å². The van der Waals surface area contributed by atoms with Crippen molar-refractivity contribution in [3.63, 3.8) is 0 Å². The topological polar surface area (TPSA) is 3.24 Å². The second kappa shape index (κ2) is 3.36. The lowest BCUT2D eigenvalue weighted by atomic mass is 10.1. The number of halogens is 1. The van der Waals surface area contributed by atoms with Gasteiger partial charge in [0.25, 0.3) is 0 Å². The van der Waals surface area contributed by atoms with E-state index in [9.17, 15) is 4.39 Å². The molecule has 0 bridgehead atoms. The fraction of sp³-hybridized carbons (Fsp3) is 0.455. The molecule has 0 unspecified atom stereocenters. The largest absolute Gasteiger partial charge is 0.374 e. The van der Waals surface area contributed by atoms with Crippen LogP contribution in [0.1, 0.15) is 18.4 Å². The summed E-state index contributed by atoms with van der Waals surface area (Å²) in [7, 11) is 2.03. The highest BCUT2D eigenvalue weighted by molar-refractivity contribution is 5.54. The van der Waals surface area contributed by atoms with Gasteiger partial charge >= 0.3 is 0 Å². The minimum Gasteiger partial charge on any atom is -0.374 e. The Kier molecular flexibility index (Phi) is 2.21. The molecule has 0 fully saturated rings. The SMILES string of the molecule is CN1CCCCc2ccc(F)cc21. The van der Waals surface area contributed by atoms with Gasteiger partial charge in [-0.05, 0) is 37.0 Å². The number of rotatable bonds is 0. The number of aryl methyl sites for hydroxylation is 1. The summed E-state index contributed by atoms with van der Waals surface area (Å²) in [6.45, 7) is 1.04. The highest BCUT2D eigenvalue weighted by Crippen LogP contribution is 2.25. The van der Waals surface area contributed by atoms with Crippen LogP contribution in [-0.4, -0.2) is 13.6 Å². The van der Waals surface area contributed by atoms with Gasteiger partial charge in [0, 0.05) is 19.3 Å². The Bertz CT molecular complexity index is 309. The van der Waals surface area contributed by atoms with E-state index in [1.54, 1.807) is 12.1 Å². The Morgan fingerprint density at radius 2 is 2.15 bits per heavy atom. The zero-order chi connectivity index (χ0) is 9.26. The Morgan fingerprint density at radius 1 is 1.31 bits per heavy atom. The predicted molar refractivity (Wildman–Crippen MR) is 52.6 cm³/mol. The van der Waals surface area contributed by atoms with Crippen molar-refractivity contribution in [2.24, 2.45) is 0 Å². The second-order valence-corrected chi connectivity index (χ2v) is 3.65. The van der Waals surface area contributed by atoms with Crippen molar-refractivity contribution in [2.75, 3.05) is 18.5 Å². The monoisotopic (exact) mass is 179 g/mol. The summed E-state index contributed by atoms with van der Waals surface area (Å²) in [5.74, 6) is -0.132. The normalized spacial score (nSPS) is 16.6. The molecule has 0 amide bonds. The van der Waals surface area contributed by atoms with Crippen LogP contribution in [0.4, 0.5) is 10.1 Å². The van der Waals surface area contributed by atoms with Crippen LogP contribution in [0.3, 0.4) is 0 Å². The third kappa shape index (κ3) is 1.67. The van der Waals surface area contributed by atoms with Gasteiger partial charge in [-0.2, -0.15) is 0 Å². The summed E-state index contributed by atoms with van der Waals surface area (Å²) in [5.41, 5.74) is 2.35. The molecule has 0 aliphatic carbocycles. The standard InChI is InChI=1S/C11H14FN/c1-13-7-3-2-4-9-5-6-10(12)8-11(9)13/h5-6,8H,2-4,7H2,1H3. The van der Waals surface area contributed by atoms with E-state index in [-0.39, 0.29) is 5.82 Å². The Hall–Kier alpha value is -1.05. The fourth-order valence-corrected chi connectivity index (χ4v) is 1.89. The van der Waals surface area contributed by atoms with E-state index < -0.39 is 0 Å². The zero-order valence-electron chi connectivity index (χ0n) is 7.89. The molecule has 13 heavy (non-hydrogen) atoms. The maximum atomic E-state index is 13.0. The first-order valence-electron chi connectivity index (χ1n) is 4.77. The molecular formula is C11H14FN. The van der Waals surface area contributed by atoms with Crippen molar-refractivity contribution >= 4 is 5.69 Å². The third-order valence-corrected chi connectivity index (χ3v) is 2.65. The zero-order valence-corrected chi connectivity index (χ0v) is 7.89. The molecule has 1 aliphatic rings. The Balaban J connectivity index is 2.43. The molecule has 1 nitrogen and oxygen atoms in total. The van der Waals surface area contributed by atoms with Gasteiger partial charge in [-0.1, -0.05) is 6.07 Å². The van der Waals surface area contributed by atoms with Crippen LogP contribution in [0.25, 0.3) is 0 Å². The first-order chi connectivity index (χ1) is 6.27. The summed E-state index contributed by atoms with van der Waals surface area (Å²) >= 11 is 0. The van der Waals surface area contributed by atoms with Crippen molar-refractivity contribution in [3.05, 3.63) is 29.6 Å². The lowest BCUT2D eigenvalue weighted by Gasteiger charge is -2.18. The second-order valence-electron chi connectivity index (χ2n) is 3.65. The lowest BCUT2D eigenvalue weighted by Crippen LogP contribution is -2.17. The molecule has 0 radical (unpaired) electrons. The highest BCUT2D eigenvalue weighted by Gasteiger charge is 2.11. The van der Waals surface area contributed by atoms with Crippen molar-refractivity contribution < 1.29 is 4.39 Å². The van der Waals surface area contributed by atoms with E-state index in [0.717, 1.165) is 18.7 Å². The molecule has 1 heterocycles. The average Bonchev–Trinajstić information content (AvgIpc) is 2.29. The molecule has 2 heteroatoms. The third-order valence-electron chi connectivity index (χ3n) is 2.65. The van der Waals surface area contributed by atoms with Crippen LogP contribution < -0.4 is 4.90 Å². The van der Waals surface area contributed by atoms with Crippen molar-refractivity contribution in [3.8, 4) is 0 Å². The molecule has 0 saturated carbocycles. The summed E-state index contributed by atoms with van der Waals surface area (Å²) in [4.78, 5) is 2.14. The molecule has 1 aromatic carbocycles. The molecule has 0 N–H and O–H groups in total. The average molecular weight is 179 g/mol. The molecule has 0 atom stereocenters. The quantitative estimate of drug-likeness (QED) is 0.591. The molecule has 70 valence electrons. The lowest BCUT2D eigenvalue weighted by molar-refractivity contribution is 0.627. The van der Waals surface area contributed by atoms with Crippen LogP contribution in [0.2, 0.25) is 0 Å². The van der Waals surface area contributed by atoms with Crippen molar-refractivity contribution in [1.29, 1.82) is 0 Å². The molecule has 0 saturated heterocycles. The molecule has 0 aromatic heterocycles. The number of hydrogen-bond acceptors (Lipinski definition) is 1. The number of benzene rings is 1. The maximum Gasteiger partial charge on any atom is 0.125 e. The summed E-state index contributed by atoms with van der Waals surface area (Å²) in [5, 5.41) is 0. The Morgan fingerprint density at radius 3 is 3.00 bits per heavy atom. The van der Waals surface area contributed by atoms with E-state index in [4.69, 9.17) is 0 Å². The van der Waals surface area contributed by atoms with Gasteiger partial charge in [0.2, 0.25) is 0 Å². The van der Waals surface area contributed by atoms with Crippen molar-refractivity contribution in [1.82, 2.24) is 0 Å². The van der Waals surface area contributed by atoms with E-state index in [1.807, 2.05) is 13.1 Å². The smallest absolute Gasteiger partial charge is 0.125 e. The molecule has 1 aromatic rings. The van der Waals surface area contributed by atoms with Gasteiger partial charge in [-0.3, -0.25) is 0 Å². The molecule has 2 rings (SSSR count). The number of fused-ring (bicyclic) bond motifs is 1. The number of nitrogens with zero attached hydrogens (tertiary/aromatic N) is 1. The van der Waals surface area contributed by atoms with Gasteiger partial charge in [-0.25, -0.2) is 4.39 Å². The Labute approximate surface area is 78.2 Å². The van der Waals surface area contributed by atoms with E-state index in [1.165, 1.54) is 18.4 Å². The highest BCUT2D eigenvalue weighted by atomic mass is 19.1. The number of anilines is 1. The van der Waals surface area contributed by atoms with Gasteiger partial charge in [0.05, 0.1) is 0 Å². The first-order valence-corrected chi connectivity index (χ1v) is 4.77. The van der Waals surface area contributed by atoms with Crippen LogP contribution >= 0.6 is 0 Å². The van der Waals surface area contributed by atoms with Gasteiger partial charge in [0.1, 0.15) is 5.82 Å². The summed E-state index contributed by atoms with van der Waals surface area (Å²) in [6, 6.07) is 5.10. The fourth-order valence-electron chi connectivity index (χ4n) is 1.89.